The monoisotopic (exact) mass is 615 g/mol. The van der Waals surface area contributed by atoms with Gasteiger partial charge in [-0.1, -0.05) is 90.5 Å². The summed E-state index contributed by atoms with van der Waals surface area (Å²) in [5, 5.41) is 3.49. The Morgan fingerprint density at radius 2 is 1.66 bits per heavy atom. The summed E-state index contributed by atoms with van der Waals surface area (Å²) in [4.78, 5) is 28.9. The highest BCUT2D eigenvalue weighted by Gasteiger charge is 2.34. The second-order valence-electron chi connectivity index (χ2n) is 10.5. The molecule has 1 unspecified atom stereocenters. The van der Waals surface area contributed by atoms with Gasteiger partial charge >= 0.3 is 0 Å². The zero-order valence-electron chi connectivity index (χ0n) is 23.2. The van der Waals surface area contributed by atoms with Crippen LogP contribution in [0.15, 0.2) is 77.7 Å². The van der Waals surface area contributed by atoms with E-state index in [9.17, 15) is 18.0 Å². The lowest BCUT2D eigenvalue weighted by Gasteiger charge is -2.33. The standard InChI is InChI=1S/C31H35Cl2N3O4S/c1-22-10-9-11-24(18-22)20-35(23(2)31(38)34-26-12-5-3-6-13-26)30(37)21-36(29-19-25(32)16-17-28(29)33)41(39,40)27-14-7-4-8-15-27/h4,7-11,14-19,23,26H,3,5-6,12-13,20-21H2,1-2H3,(H,34,38). The van der Waals surface area contributed by atoms with Gasteiger partial charge in [0.1, 0.15) is 12.6 Å². The molecule has 1 aliphatic rings. The van der Waals surface area contributed by atoms with Crippen LogP contribution in [-0.4, -0.2) is 43.8 Å². The van der Waals surface area contributed by atoms with Gasteiger partial charge in [-0.15, -0.1) is 0 Å². The molecule has 10 heteroatoms. The molecule has 0 bridgehead atoms. The molecular formula is C31H35Cl2N3O4S. The number of halogens is 2. The number of carbonyl (C=O) groups is 2. The number of benzene rings is 3. The minimum absolute atomic E-state index is 0.00262. The van der Waals surface area contributed by atoms with Crippen LogP contribution in [0.1, 0.15) is 50.2 Å². The van der Waals surface area contributed by atoms with Gasteiger partial charge in [0.15, 0.2) is 0 Å². The van der Waals surface area contributed by atoms with E-state index in [0.717, 1.165) is 47.5 Å². The van der Waals surface area contributed by atoms with Crippen LogP contribution >= 0.6 is 23.2 Å². The van der Waals surface area contributed by atoms with Gasteiger partial charge in [0.2, 0.25) is 11.8 Å². The van der Waals surface area contributed by atoms with E-state index in [1.807, 2.05) is 31.2 Å². The van der Waals surface area contributed by atoms with Gasteiger partial charge in [0.25, 0.3) is 10.0 Å². The molecule has 3 aromatic carbocycles. The highest BCUT2D eigenvalue weighted by Crippen LogP contribution is 2.33. The van der Waals surface area contributed by atoms with Gasteiger partial charge < -0.3 is 10.2 Å². The molecule has 3 aromatic rings. The van der Waals surface area contributed by atoms with E-state index in [2.05, 4.69) is 5.32 Å². The molecule has 218 valence electrons. The molecule has 4 rings (SSSR count). The first-order valence-electron chi connectivity index (χ1n) is 13.7. The van der Waals surface area contributed by atoms with E-state index < -0.39 is 28.5 Å². The summed E-state index contributed by atoms with van der Waals surface area (Å²) in [6, 6.07) is 19.2. The number of amides is 2. The van der Waals surface area contributed by atoms with Gasteiger partial charge in [-0.2, -0.15) is 0 Å². The molecule has 0 aromatic heterocycles. The predicted octanol–water partition coefficient (Wildman–Crippen LogP) is 6.36. The molecule has 0 aliphatic heterocycles. The normalized spacial score (nSPS) is 14.7. The number of anilines is 1. The van der Waals surface area contributed by atoms with Crippen LogP contribution in [0.5, 0.6) is 0 Å². The summed E-state index contributed by atoms with van der Waals surface area (Å²) in [6.45, 7) is 3.17. The smallest absolute Gasteiger partial charge is 0.264 e. The maximum atomic E-state index is 14.1. The number of carbonyl (C=O) groups excluding carboxylic acids is 2. The Balaban J connectivity index is 1.70. The second kappa shape index (κ2) is 13.7. The van der Waals surface area contributed by atoms with Crippen LogP contribution in [0.3, 0.4) is 0 Å². The van der Waals surface area contributed by atoms with E-state index >= 15 is 0 Å². The van der Waals surface area contributed by atoms with Crippen molar-refractivity contribution in [1.82, 2.24) is 10.2 Å². The van der Waals surface area contributed by atoms with Gasteiger partial charge in [-0.25, -0.2) is 8.42 Å². The molecule has 7 nitrogen and oxygen atoms in total. The van der Waals surface area contributed by atoms with Crippen LogP contribution in [0, 0.1) is 6.92 Å². The Labute approximate surface area is 252 Å². The predicted molar refractivity (Wildman–Crippen MR) is 164 cm³/mol. The first kappa shape index (κ1) is 30.9. The second-order valence-corrected chi connectivity index (χ2v) is 13.2. The quantitative estimate of drug-likeness (QED) is 0.287. The van der Waals surface area contributed by atoms with Gasteiger partial charge in [-0.3, -0.25) is 13.9 Å². The molecule has 1 atom stereocenters. The maximum absolute atomic E-state index is 14.1. The molecular weight excluding hydrogens is 581 g/mol. The maximum Gasteiger partial charge on any atom is 0.264 e. The van der Waals surface area contributed by atoms with E-state index in [-0.39, 0.29) is 39.1 Å². The highest BCUT2D eigenvalue weighted by atomic mass is 35.5. The van der Waals surface area contributed by atoms with E-state index in [1.54, 1.807) is 31.2 Å². The van der Waals surface area contributed by atoms with Crippen molar-refractivity contribution in [2.75, 3.05) is 10.8 Å². The fourth-order valence-corrected chi connectivity index (χ4v) is 6.95. The summed E-state index contributed by atoms with van der Waals surface area (Å²) < 4.78 is 28.8. The molecule has 1 aliphatic carbocycles. The zero-order valence-corrected chi connectivity index (χ0v) is 25.6. The van der Waals surface area contributed by atoms with Gasteiger partial charge in [0, 0.05) is 17.6 Å². The Kier molecular flexibility index (Phi) is 10.3. The Bertz CT molecular complexity index is 1480. The summed E-state index contributed by atoms with van der Waals surface area (Å²) >= 11 is 12.7. The SMILES string of the molecule is Cc1cccc(CN(C(=O)CN(c2cc(Cl)ccc2Cl)S(=O)(=O)c2ccccc2)C(C)C(=O)NC2CCCCC2)c1. The van der Waals surface area contributed by atoms with Crippen molar-refractivity contribution in [3.8, 4) is 0 Å². The number of aryl methyl sites for hydroxylation is 1. The van der Waals surface area contributed by atoms with Crippen LogP contribution in [-0.2, 0) is 26.2 Å². The van der Waals surface area contributed by atoms with Crippen molar-refractivity contribution in [2.45, 2.75) is 69.5 Å². The molecule has 0 heterocycles. The topological polar surface area (TPSA) is 86.8 Å². The van der Waals surface area contributed by atoms with Gasteiger partial charge in [0.05, 0.1) is 15.6 Å². The zero-order chi connectivity index (χ0) is 29.6. The van der Waals surface area contributed by atoms with Crippen LogP contribution < -0.4 is 9.62 Å². The molecule has 2 amide bonds. The average molecular weight is 617 g/mol. The number of hydrogen-bond acceptors (Lipinski definition) is 4. The summed E-state index contributed by atoms with van der Waals surface area (Å²) in [7, 11) is -4.23. The largest absolute Gasteiger partial charge is 0.352 e. The average Bonchev–Trinajstić information content (AvgIpc) is 2.96. The van der Waals surface area contributed by atoms with Crippen molar-refractivity contribution < 1.29 is 18.0 Å². The molecule has 1 fully saturated rings. The number of nitrogens with one attached hydrogen (secondary N) is 1. The number of rotatable bonds is 10. The Morgan fingerprint density at radius 3 is 2.34 bits per heavy atom. The lowest BCUT2D eigenvalue weighted by molar-refractivity contribution is -0.139. The molecule has 0 spiro atoms. The van der Waals surface area contributed by atoms with E-state index in [0.29, 0.717) is 0 Å². The number of sulfonamides is 1. The number of hydrogen-bond donors (Lipinski definition) is 1. The minimum atomic E-state index is -4.23. The molecule has 1 saturated carbocycles. The first-order valence-corrected chi connectivity index (χ1v) is 15.9. The summed E-state index contributed by atoms with van der Waals surface area (Å²) in [5.41, 5.74) is 1.91. The van der Waals surface area contributed by atoms with Crippen molar-refractivity contribution in [2.24, 2.45) is 0 Å². The van der Waals surface area contributed by atoms with E-state index in [4.69, 9.17) is 23.2 Å². The molecule has 1 N–H and O–H groups in total. The molecule has 0 radical (unpaired) electrons. The third kappa shape index (κ3) is 7.82. The van der Waals surface area contributed by atoms with Crippen molar-refractivity contribution in [3.05, 3.63) is 94.0 Å². The van der Waals surface area contributed by atoms with Crippen LogP contribution in [0.25, 0.3) is 0 Å². The summed E-state index contributed by atoms with van der Waals surface area (Å²) in [6.07, 6.45) is 5.06. The minimum Gasteiger partial charge on any atom is -0.352 e. The molecule has 41 heavy (non-hydrogen) atoms. The lowest BCUT2D eigenvalue weighted by atomic mass is 9.95. The van der Waals surface area contributed by atoms with Crippen LogP contribution in [0.2, 0.25) is 10.0 Å². The number of nitrogens with zero attached hydrogens (tertiary/aromatic N) is 2. The first-order chi connectivity index (χ1) is 19.6. The fourth-order valence-electron chi connectivity index (χ4n) is 5.07. The third-order valence-corrected chi connectivity index (χ3v) is 9.67. The molecule has 0 saturated heterocycles. The van der Waals surface area contributed by atoms with E-state index in [1.165, 1.54) is 29.2 Å². The third-order valence-electron chi connectivity index (χ3n) is 7.34. The fraction of sp³-hybridized carbons (Fsp3) is 0.355. The Hall–Kier alpha value is -3.07. The van der Waals surface area contributed by atoms with Crippen molar-refractivity contribution in [1.29, 1.82) is 0 Å². The Morgan fingerprint density at radius 1 is 0.951 bits per heavy atom. The summed E-state index contributed by atoms with van der Waals surface area (Å²) in [5.74, 6) is -0.815. The highest BCUT2D eigenvalue weighted by molar-refractivity contribution is 7.92. The van der Waals surface area contributed by atoms with Gasteiger partial charge in [-0.05, 0) is 62.6 Å². The van der Waals surface area contributed by atoms with Crippen molar-refractivity contribution in [3.63, 3.8) is 0 Å². The van der Waals surface area contributed by atoms with Crippen molar-refractivity contribution >= 4 is 50.7 Å². The lowest BCUT2D eigenvalue weighted by Crippen LogP contribution is -2.53. The van der Waals surface area contributed by atoms with Crippen LogP contribution in [0.4, 0.5) is 5.69 Å².